The topological polar surface area (TPSA) is 51.9 Å². The minimum atomic E-state index is -0.0849. The van der Waals surface area contributed by atoms with Crippen molar-refractivity contribution in [3.8, 4) is 17.1 Å². The Kier molecular flexibility index (Phi) is 5.89. The second-order valence-electron chi connectivity index (χ2n) is 6.48. The zero-order valence-electron chi connectivity index (χ0n) is 15.5. The van der Waals surface area contributed by atoms with Crippen molar-refractivity contribution in [3.05, 3.63) is 60.4 Å². The van der Waals surface area contributed by atoms with Crippen LogP contribution in [0.25, 0.3) is 17.1 Å². The van der Waals surface area contributed by atoms with Crippen LogP contribution in [0.15, 0.2) is 54.7 Å². The maximum absolute atomic E-state index is 12.8. The quantitative estimate of drug-likeness (QED) is 0.619. The maximum Gasteiger partial charge on any atom is 0.270 e. The summed E-state index contributed by atoms with van der Waals surface area (Å²) in [5, 5.41) is 7.73. The van der Waals surface area contributed by atoms with E-state index in [1.807, 2.05) is 66.3 Å². The number of benzene rings is 1. The van der Waals surface area contributed by atoms with Crippen LogP contribution >= 0.6 is 0 Å². The molecule has 26 heavy (non-hydrogen) atoms. The number of nitrogens with one attached hydrogen (secondary N) is 1. The maximum atomic E-state index is 12.8. The molecule has 0 aliphatic rings. The number of carbonyl (C=O) groups excluding carboxylic acids is 1. The Morgan fingerprint density at radius 3 is 2.58 bits per heavy atom. The minimum Gasteiger partial charge on any atom is -0.351 e. The Bertz CT molecular complexity index is 848. The standard InChI is InChI=1S/C21H26N4O/c1-3-4-5-9-14-22-21(26)20-16-18(19-13-10-15-24(19)2)23-25(20)17-11-7-6-8-12-17/h6-8,10-13,15-16H,3-5,9,14H2,1-2H3,(H,22,26). The van der Waals surface area contributed by atoms with Gasteiger partial charge in [-0.3, -0.25) is 4.79 Å². The number of aromatic nitrogens is 3. The normalized spacial score (nSPS) is 10.8. The highest BCUT2D eigenvalue weighted by Crippen LogP contribution is 2.22. The number of aryl methyl sites for hydroxylation is 1. The summed E-state index contributed by atoms with van der Waals surface area (Å²) in [4.78, 5) is 12.8. The molecule has 0 aliphatic heterocycles. The van der Waals surface area contributed by atoms with E-state index in [2.05, 4.69) is 12.2 Å². The summed E-state index contributed by atoms with van der Waals surface area (Å²) in [6, 6.07) is 15.6. The predicted octanol–water partition coefficient (Wildman–Crippen LogP) is 4.19. The molecule has 1 amide bonds. The summed E-state index contributed by atoms with van der Waals surface area (Å²) in [5.41, 5.74) is 3.21. The van der Waals surface area contributed by atoms with Gasteiger partial charge in [0, 0.05) is 19.8 Å². The van der Waals surface area contributed by atoms with Crippen molar-refractivity contribution in [3.63, 3.8) is 0 Å². The fourth-order valence-electron chi connectivity index (χ4n) is 3.01. The van der Waals surface area contributed by atoms with E-state index in [4.69, 9.17) is 5.10 Å². The molecule has 0 radical (unpaired) electrons. The third-order valence-electron chi connectivity index (χ3n) is 4.46. The van der Waals surface area contributed by atoms with Gasteiger partial charge in [0.1, 0.15) is 11.4 Å². The minimum absolute atomic E-state index is 0.0849. The molecule has 5 nitrogen and oxygen atoms in total. The predicted molar refractivity (Wildman–Crippen MR) is 104 cm³/mol. The van der Waals surface area contributed by atoms with E-state index in [0.717, 1.165) is 29.9 Å². The van der Waals surface area contributed by atoms with Gasteiger partial charge < -0.3 is 9.88 Å². The number of hydrogen-bond acceptors (Lipinski definition) is 2. The largest absolute Gasteiger partial charge is 0.351 e. The van der Waals surface area contributed by atoms with Crippen molar-refractivity contribution in [2.75, 3.05) is 6.54 Å². The summed E-state index contributed by atoms with van der Waals surface area (Å²) >= 11 is 0. The van der Waals surface area contributed by atoms with E-state index in [1.54, 1.807) is 4.68 Å². The summed E-state index contributed by atoms with van der Waals surface area (Å²) < 4.78 is 3.73. The molecule has 0 bridgehead atoms. The Balaban J connectivity index is 1.86. The highest BCUT2D eigenvalue weighted by molar-refractivity contribution is 5.94. The van der Waals surface area contributed by atoms with Gasteiger partial charge in [0.15, 0.2) is 0 Å². The van der Waals surface area contributed by atoms with Gasteiger partial charge in [-0.05, 0) is 36.8 Å². The van der Waals surface area contributed by atoms with Crippen LogP contribution in [0.4, 0.5) is 0 Å². The van der Waals surface area contributed by atoms with Crippen LogP contribution in [-0.4, -0.2) is 26.8 Å². The first-order valence-electron chi connectivity index (χ1n) is 9.26. The molecule has 3 rings (SSSR count). The molecule has 2 aromatic heterocycles. The van der Waals surface area contributed by atoms with E-state index in [9.17, 15) is 4.79 Å². The van der Waals surface area contributed by atoms with Crippen LogP contribution in [0.1, 0.15) is 43.1 Å². The molecule has 1 N–H and O–H groups in total. The first kappa shape index (κ1) is 18.0. The van der Waals surface area contributed by atoms with Gasteiger partial charge in [-0.2, -0.15) is 5.10 Å². The van der Waals surface area contributed by atoms with E-state index in [1.165, 1.54) is 12.8 Å². The van der Waals surface area contributed by atoms with Gasteiger partial charge in [-0.1, -0.05) is 44.4 Å². The van der Waals surface area contributed by atoms with Crippen LogP contribution in [0.2, 0.25) is 0 Å². The Morgan fingerprint density at radius 2 is 1.88 bits per heavy atom. The average molecular weight is 350 g/mol. The van der Waals surface area contributed by atoms with Crippen LogP contribution in [-0.2, 0) is 7.05 Å². The lowest BCUT2D eigenvalue weighted by atomic mass is 10.2. The molecule has 0 aliphatic carbocycles. The lowest BCUT2D eigenvalue weighted by molar-refractivity contribution is 0.0945. The second kappa shape index (κ2) is 8.52. The molecule has 0 atom stereocenters. The van der Waals surface area contributed by atoms with Crippen molar-refractivity contribution in [1.82, 2.24) is 19.7 Å². The van der Waals surface area contributed by atoms with Crippen molar-refractivity contribution >= 4 is 5.91 Å². The van der Waals surface area contributed by atoms with E-state index in [0.29, 0.717) is 12.2 Å². The summed E-state index contributed by atoms with van der Waals surface area (Å²) in [6.45, 7) is 2.88. The zero-order chi connectivity index (χ0) is 18.4. The monoisotopic (exact) mass is 350 g/mol. The molecular formula is C21H26N4O. The fraction of sp³-hybridized carbons (Fsp3) is 0.333. The van der Waals surface area contributed by atoms with Crippen LogP contribution in [0.3, 0.4) is 0 Å². The van der Waals surface area contributed by atoms with Crippen molar-refractivity contribution in [1.29, 1.82) is 0 Å². The lowest BCUT2D eigenvalue weighted by Gasteiger charge is -2.08. The van der Waals surface area contributed by atoms with Gasteiger partial charge in [-0.15, -0.1) is 0 Å². The van der Waals surface area contributed by atoms with Gasteiger partial charge in [0.25, 0.3) is 5.91 Å². The molecule has 3 aromatic rings. The smallest absolute Gasteiger partial charge is 0.270 e. The molecule has 0 unspecified atom stereocenters. The van der Waals surface area contributed by atoms with E-state index >= 15 is 0 Å². The molecule has 0 spiro atoms. The first-order chi connectivity index (χ1) is 12.7. The summed E-state index contributed by atoms with van der Waals surface area (Å²) in [7, 11) is 1.98. The van der Waals surface area contributed by atoms with E-state index < -0.39 is 0 Å². The third-order valence-corrected chi connectivity index (χ3v) is 4.46. The molecule has 5 heteroatoms. The number of nitrogens with zero attached hydrogens (tertiary/aromatic N) is 3. The Morgan fingerprint density at radius 1 is 1.08 bits per heavy atom. The molecule has 0 saturated carbocycles. The first-order valence-corrected chi connectivity index (χ1v) is 9.26. The highest BCUT2D eigenvalue weighted by Gasteiger charge is 2.18. The lowest BCUT2D eigenvalue weighted by Crippen LogP contribution is -2.26. The number of para-hydroxylation sites is 1. The average Bonchev–Trinajstić information content (AvgIpc) is 3.28. The molecule has 0 saturated heterocycles. The van der Waals surface area contributed by atoms with E-state index in [-0.39, 0.29) is 5.91 Å². The van der Waals surface area contributed by atoms with Gasteiger partial charge in [0.2, 0.25) is 0 Å². The van der Waals surface area contributed by atoms with Crippen molar-refractivity contribution in [2.24, 2.45) is 7.05 Å². The molecular weight excluding hydrogens is 324 g/mol. The van der Waals surface area contributed by atoms with Gasteiger partial charge in [-0.25, -0.2) is 4.68 Å². The molecule has 2 heterocycles. The molecule has 136 valence electrons. The fourth-order valence-corrected chi connectivity index (χ4v) is 3.01. The summed E-state index contributed by atoms with van der Waals surface area (Å²) in [6.07, 6.45) is 6.52. The van der Waals surface area contributed by atoms with Crippen molar-refractivity contribution < 1.29 is 4.79 Å². The van der Waals surface area contributed by atoms with Gasteiger partial charge >= 0.3 is 0 Å². The number of carbonyl (C=O) groups is 1. The van der Waals surface area contributed by atoms with Crippen LogP contribution in [0, 0.1) is 0 Å². The second-order valence-corrected chi connectivity index (χ2v) is 6.48. The number of hydrogen-bond donors (Lipinski definition) is 1. The van der Waals surface area contributed by atoms with Crippen molar-refractivity contribution in [2.45, 2.75) is 32.6 Å². The molecule has 1 aromatic carbocycles. The summed E-state index contributed by atoms with van der Waals surface area (Å²) in [5.74, 6) is -0.0849. The van der Waals surface area contributed by atoms with Crippen LogP contribution in [0.5, 0.6) is 0 Å². The van der Waals surface area contributed by atoms with Crippen LogP contribution < -0.4 is 5.32 Å². The molecule has 0 fully saturated rings. The van der Waals surface area contributed by atoms with Gasteiger partial charge in [0.05, 0.1) is 11.4 Å². The Labute approximate surface area is 154 Å². The number of rotatable bonds is 8. The third kappa shape index (κ3) is 4.04. The highest BCUT2D eigenvalue weighted by atomic mass is 16.2. The number of unbranched alkanes of at least 4 members (excludes halogenated alkanes) is 3. The SMILES string of the molecule is CCCCCCNC(=O)c1cc(-c2cccn2C)nn1-c1ccccc1. The number of amides is 1. The Hall–Kier alpha value is -2.82. The zero-order valence-corrected chi connectivity index (χ0v) is 15.5.